The number of piperidine rings is 1. The summed E-state index contributed by atoms with van der Waals surface area (Å²) in [6, 6.07) is 19.4. The fraction of sp³-hybridized carbons (Fsp3) is 0.212. The number of nitrogen functional groups attached to an aromatic ring is 1. The number of aromatic nitrogens is 8. The molecular weight excluding hydrogens is 618 g/mol. The predicted octanol–water partition coefficient (Wildman–Crippen LogP) is 4.86. The number of ether oxygens (including phenoxy) is 1. The molecule has 13 nitrogen and oxygen atoms in total. The number of pyridine rings is 2. The van der Waals surface area contributed by atoms with Gasteiger partial charge in [0.1, 0.15) is 28.9 Å². The molecule has 1 aliphatic heterocycles. The molecule has 1 aliphatic rings. The van der Waals surface area contributed by atoms with E-state index in [1.807, 2.05) is 28.8 Å². The number of alkyl halides is 2. The molecule has 240 valence electrons. The highest BCUT2D eigenvalue weighted by molar-refractivity contribution is 5.84. The Hall–Kier alpha value is -6.14. The normalized spacial score (nSPS) is 13.9. The highest BCUT2D eigenvalue weighted by Gasteiger charge is 2.22. The van der Waals surface area contributed by atoms with Gasteiger partial charge in [0.25, 0.3) is 0 Å². The number of halogens is 2. The molecule has 0 aliphatic carbocycles. The first kappa shape index (κ1) is 30.5. The lowest BCUT2D eigenvalue weighted by Crippen LogP contribution is -2.38. The number of imidazole rings is 1. The summed E-state index contributed by atoms with van der Waals surface area (Å²) in [6.07, 6.45) is 7.46. The van der Waals surface area contributed by atoms with E-state index in [0.29, 0.717) is 39.9 Å². The van der Waals surface area contributed by atoms with Crippen molar-refractivity contribution < 1.29 is 13.5 Å². The summed E-state index contributed by atoms with van der Waals surface area (Å²) in [6.45, 7) is -0.359. The smallest absolute Gasteiger partial charge is 0.387 e. The molecule has 0 bridgehead atoms. The van der Waals surface area contributed by atoms with Crippen molar-refractivity contribution in [2.24, 2.45) is 0 Å². The minimum absolute atomic E-state index is 0.146. The maximum Gasteiger partial charge on any atom is 0.387 e. The van der Waals surface area contributed by atoms with Crippen LogP contribution in [0.3, 0.4) is 0 Å². The zero-order valence-electron chi connectivity index (χ0n) is 25.4. The zero-order valence-corrected chi connectivity index (χ0v) is 25.4. The average molecular weight is 647 g/mol. The molecule has 0 radical (unpaired) electrons. The van der Waals surface area contributed by atoms with E-state index in [0.717, 1.165) is 43.7 Å². The second-order valence-corrected chi connectivity index (χ2v) is 11.1. The van der Waals surface area contributed by atoms with Gasteiger partial charge in [0.15, 0.2) is 23.0 Å². The minimum atomic E-state index is -2.97. The fourth-order valence-corrected chi connectivity index (χ4v) is 5.67. The summed E-state index contributed by atoms with van der Waals surface area (Å²) >= 11 is 0. The maximum absolute atomic E-state index is 12.6. The number of hydrogen-bond donors (Lipinski definition) is 2. The highest BCUT2D eigenvalue weighted by Crippen LogP contribution is 2.32. The Balaban J connectivity index is 1.13. The van der Waals surface area contributed by atoms with Gasteiger partial charge in [-0.05, 0) is 60.9 Å². The van der Waals surface area contributed by atoms with Crippen LogP contribution >= 0.6 is 0 Å². The number of nitriles is 1. The number of nitrogens with one attached hydrogen (secondary N) is 1. The molecule has 0 unspecified atom stereocenters. The van der Waals surface area contributed by atoms with Gasteiger partial charge < -0.3 is 15.8 Å². The van der Waals surface area contributed by atoms with Crippen LogP contribution in [-0.4, -0.2) is 70.1 Å². The first-order chi connectivity index (χ1) is 23.4. The molecule has 48 heavy (non-hydrogen) atoms. The van der Waals surface area contributed by atoms with E-state index in [2.05, 4.69) is 52.0 Å². The van der Waals surface area contributed by atoms with Crippen LogP contribution < -0.4 is 15.8 Å². The third-order valence-corrected chi connectivity index (χ3v) is 7.96. The molecule has 0 atom stereocenters. The Morgan fingerprint density at radius 3 is 2.46 bits per heavy atom. The summed E-state index contributed by atoms with van der Waals surface area (Å²) in [5.74, 6) is 1.81. The van der Waals surface area contributed by atoms with Crippen LogP contribution in [0.4, 0.5) is 20.4 Å². The van der Waals surface area contributed by atoms with Gasteiger partial charge in [-0.15, -0.1) is 0 Å². The van der Waals surface area contributed by atoms with E-state index in [-0.39, 0.29) is 23.4 Å². The lowest BCUT2D eigenvalue weighted by atomic mass is 10.0. The average Bonchev–Trinajstić information content (AvgIpc) is 3.48. The number of fused-ring (bicyclic) bond motifs is 1. The molecule has 6 heterocycles. The topological polar surface area (TPSA) is 169 Å². The van der Waals surface area contributed by atoms with Gasteiger partial charge in [-0.2, -0.15) is 14.0 Å². The Kier molecular flexibility index (Phi) is 8.46. The summed E-state index contributed by atoms with van der Waals surface area (Å²) in [7, 11) is 0. The lowest BCUT2D eigenvalue weighted by molar-refractivity contribution is -0.0503. The number of hydrogen-bond acceptors (Lipinski definition) is 12. The standard InChI is InChI=1S/C33H28F2N12O/c34-33(35)48-23-17-40-30(41-18-23)25-7-8-26-32(43-25)47(31(44-26)24-2-1-12-39-29(24)37)22-5-3-20(4-6-22)19-46-14-10-21(11-15-46)42-27-9-13-38-28(16-36)45-27/h1-9,12-13,17-18,21,33H,10-11,14-15,19H2,(H2,37,39)(H,38,42,45). The second kappa shape index (κ2) is 13.3. The Morgan fingerprint density at radius 2 is 1.73 bits per heavy atom. The quantitative estimate of drug-likeness (QED) is 0.219. The van der Waals surface area contributed by atoms with Gasteiger partial charge in [-0.3, -0.25) is 9.47 Å². The Bertz CT molecular complexity index is 2090. The third-order valence-electron chi connectivity index (χ3n) is 7.96. The van der Waals surface area contributed by atoms with Crippen LogP contribution in [0.1, 0.15) is 24.2 Å². The van der Waals surface area contributed by atoms with Crippen LogP contribution in [-0.2, 0) is 6.54 Å². The van der Waals surface area contributed by atoms with Crippen molar-refractivity contribution in [2.45, 2.75) is 32.0 Å². The molecule has 1 fully saturated rings. The molecule has 5 aromatic heterocycles. The van der Waals surface area contributed by atoms with Crippen molar-refractivity contribution in [3.05, 3.63) is 90.8 Å². The van der Waals surface area contributed by atoms with Crippen LogP contribution in [0.5, 0.6) is 5.75 Å². The van der Waals surface area contributed by atoms with Crippen molar-refractivity contribution in [1.29, 1.82) is 5.26 Å². The third kappa shape index (κ3) is 6.55. The molecule has 3 N–H and O–H groups in total. The van der Waals surface area contributed by atoms with Gasteiger partial charge in [0.2, 0.25) is 5.82 Å². The van der Waals surface area contributed by atoms with Crippen molar-refractivity contribution in [2.75, 3.05) is 24.1 Å². The van der Waals surface area contributed by atoms with Crippen LogP contribution in [0.25, 0.3) is 39.8 Å². The largest absolute Gasteiger partial charge is 0.432 e. The molecule has 1 aromatic carbocycles. The van der Waals surface area contributed by atoms with E-state index in [9.17, 15) is 8.78 Å². The van der Waals surface area contributed by atoms with Gasteiger partial charge in [-0.25, -0.2) is 34.9 Å². The van der Waals surface area contributed by atoms with Crippen LogP contribution in [0.2, 0.25) is 0 Å². The highest BCUT2D eigenvalue weighted by atomic mass is 19.3. The maximum atomic E-state index is 12.6. The van der Waals surface area contributed by atoms with E-state index < -0.39 is 6.61 Å². The van der Waals surface area contributed by atoms with E-state index in [1.165, 1.54) is 12.4 Å². The van der Waals surface area contributed by atoms with E-state index in [1.54, 1.807) is 36.7 Å². The second-order valence-electron chi connectivity index (χ2n) is 11.1. The van der Waals surface area contributed by atoms with Crippen LogP contribution in [0, 0.1) is 11.3 Å². The summed E-state index contributed by atoms with van der Waals surface area (Å²) in [4.78, 5) is 32.9. The molecule has 15 heteroatoms. The molecule has 0 saturated carbocycles. The number of nitrogens with zero attached hydrogens (tertiary/aromatic N) is 10. The summed E-state index contributed by atoms with van der Waals surface area (Å²) < 4.78 is 31.5. The molecule has 6 aromatic rings. The monoisotopic (exact) mass is 646 g/mol. The first-order valence-electron chi connectivity index (χ1n) is 15.1. The summed E-state index contributed by atoms with van der Waals surface area (Å²) in [5, 5.41) is 12.5. The van der Waals surface area contributed by atoms with E-state index >= 15 is 0 Å². The summed E-state index contributed by atoms with van der Waals surface area (Å²) in [5.41, 5.74) is 10.5. The minimum Gasteiger partial charge on any atom is -0.432 e. The van der Waals surface area contributed by atoms with Crippen molar-refractivity contribution in [3.63, 3.8) is 0 Å². The Labute approximate surface area is 273 Å². The Morgan fingerprint density at radius 1 is 0.938 bits per heavy atom. The molecule has 0 amide bonds. The van der Waals surface area contributed by atoms with Gasteiger partial charge in [-0.1, -0.05) is 12.1 Å². The van der Waals surface area contributed by atoms with Crippen molar-refractivity contribution >= 4 is 22.8 Å². The molecule has 1 saturated heterocycles. The molecule has 0 spiro atoms. The van der Waals surface area contributed by atoms with Crippen molar-refractivity contribution in [1.82, 2.24) is 44.4 Å². The number of rotatable bonds is 9. The van der Waals surface area contributed by atoms with Crippen molar-refractivity contribution in [3.8, 4) is 40.4 Å². The van der Waals surface area contributed by atoms with Gasteiger partial charge >= 0.3 is 6.61 Å². The zero-order chi connectivity index (χ0) is 33.0. The number of anilines is 2. The predicted molar refractivity (Wildman–Crippen MR) is 173 cm³/mol. The van der Waals surface area contributed by atoms with Crippen LogP contribution in [0.15, 0.2) is 79.4 Å². The number of nitrogens with two attached hydrogens (primary N) is 1. The van der Waals surface area contributed by atoms with E-state index in [4.69, 9.17) is 21.0 Å². The fourth-order valence-electron chi connectivity index (χ4n) is 5.67. The SMILES string of the molecule is N#Cc1nccc(NC2CCN(Cc3ccc(-n4c(-c5cccnc5N)nc5ccc(-c6ncc(OC(F)F)cn6)nc54)cc3)CC2)n1. The number of benzene rings is 1. The molecular formula is C33H28F2N12O. The lowest BCUT2D eigenvalue weighted by Gasteiger charge is -2.32. The first-order valence-corrected chi connectivity index (χ1v) is 15.1. The van der Waals surface area contributed by atoms with Gasteiger partial charge in [0.05, 0.1) is 18.0 Å². The number of likely N-dealkylation sites (tertiary alicyclic amines) is 1. The molecule has 7 rings (SSSR count). The van der Waals surface area contributed by atoms with Gasteiger partial charge in [0, 0.05) is 43.8 Å².